The first-order valence-electron chi connectivity index (χ1n) is 8.81. The van der Waals surface area contributed by atoms with Crippen molar-refractivity contribution in [2.45, 2.75) is 12.8 Å². The van der Waals surface area contributed by atoms with Gasteiger partial charge in [0.2, 0.25) is 0 Å². The van der Waals surface area contributed by atoms with Gasteiger partial charge in [0.15, 0.2) is 6.29 Å². The summed E-state index contributed by atoms with van der Waals surface area (Å²) in [5.41, 5.74) is 3.14. The first-order valence-corrected chi connectivity index (χ1v) is 8.81. The van der Waals surface area contributed by atoms with Crippen LogP contribution in [0.4, 0.5) is 0 Å². The number of benzene rings is 3. The van der Waals surface area contributed by atoms with Gasteiger partial charge >= 0.3 is 0 Å². The lowest BCUT2D eigenvalue weighted by atomic mass is 10.1. The van der Waals surface area contributed by atoms with E-state index in [2.05, 4.69) is 66.0 Å². The number of rotatable bonds is 7. The first-order chi connectivity index (χ1) is 12.8. The number of carbonyl (C=O) groups excluding carboxylic acids is 1. The number of aromatic hydroxyl groups is 1. The number of para-hydroxylation sites is 1. The van der Waals surface area contributed by atoms with Gasteiger partial charge in [-0.15, -0.1) is 0 Å². The maximum absolute atomic E-state index is 10.1. The third-order valence-electron chi connectivity index (χ3n) is 3.93. The summed E-state index contributed by atoms with van der Waals surface area (Å²) in [7, 11) is 0. The number of phenols is 1. The molecule has 3 aromatic rings. The largest absolute Gasteiger partial charge is 0.507 e. The molecule has 0 aromatic heterocycles. The smallest absolute Gasteiger partial charge is 0.153 e. The molecule has 134 valence electrons. The van der Waals surface area contributed by atoms with Crippen molar-refractivity contribution >= 4 is 6.29 Å². The molecule has 0 fully saturated rings. The van der Waals surface area contributed by atoms with Crippen LogP contribution in [0.1, 0.15) is 21.5 Å². The third kappa shape index (κ3) is 7.32. The Morgan fingerprint density at radius 3 is 1.58 bits per heavy atom. The van der Waals surface area contributed by atoms with E-state index in [4.69, 9.17) is 5.11 Å². The Hall–Kier alpha value is -2.91. The fraction of sp³-hybridized carbons (Fsp3) is 0.174. The predicted molar refractivity (Wildman–Crippen MR) is 107 cm³/mol. The van der Waals surface area contributed by atoms with Crippen LogP contribution in [0.5, 0.6) is 5.75 Å². The highest BCUT2D eigenvalue weighted by Crippen LogP contribution is 2.11. The minimum absolute atomic E-state index is 0.0347. The number of hydrogen-bond acceptors (Lipinski definition) is 3. The molecule has 2 N–H and O–H groups in total. The molecule has 0 radical (unpaired) electrons. The summed E-state index contributed by atoms with van der Waals surface area (Å²) in [5, 5.41) is 12.4. The maximum atomic E-state index is 10.1. The second-order valence-corrected chi connectivity index (χ2v) is 5.90. The Morgan fingerprint density at radius 1 is 0.692 bits per heavy atom. The maximum Gasteiger partial charge on any atom is 0.153 e. The summed E-state index contributed by atoms with van der Waals surface area (Å²) >= 11 is 0. The summed E-state index contributed by atoms with van der Waals surface area (Å²) in [4.78, 5) is 10.1. The number of aldehydes is 1. The molecular weight excluding hydrogens is 322 g/mol. The fourth-order valence-electron chi connectivity index (χ4n) is 2.47. The standard InChI is InChI=1S/C16H19N.C7H6O2/c1-3-7-15(8-4-1)11-13-17-14-12-16-9-5-2-6-10-16;8-5-6-3-1-2-4-7(6)9/h1-10,17H,11-14H2;1-5,9H. The third-order valence-corrected chi connectivity index (χ3v) is 3.93. The monoisotopic (exact) mass is 347 g/mol. The zero-order valence-electron chi connectivity index (χ0n) is 14.8. The number of nitrogens with one attached hydrogen (secondary N) is 1. The van der Waals surface area contributed by atoms with E-state index >= 15 is 0 Å². The van der Waals surface area contributed by atoms with Crippen molar-refractivity contribution in [2.24, 2.45) is 0 Å². The number of phenolic OH excluding ortho intramolecular Hbond substituents is 1. The molecule has 26 heavy (non-hydrogen) atoms. The second kappa shape index (κ2) is 11.6. The minimum atomic E-state index is 0.0347. The van der Waals surface area contributed by atoms with Crippen LogP contribution in [0.15, 0.2) is 84.9 Å². The molecule has 0 unspecified atom stereocenters. The van der Waals surface area contributed by atoms with Gasteiger partial charge in [-0.25, -0.2) is 0 Å². The van der Waals surface area contributed by atoms with Crippen molar-refractivity contribution in [2.75, 3.05) is 13.1 Å². The number of hydrogen-bond donors (Lipinski definition) is 2. The Kier molecular flexibility index (Phi) is 8.67. The Labute approximate surface area is 155 Å². The normalized spacial score (nSPS) is 9.85. The quantitative estimate of drug-likeness (QED) is 0.496. The molecule has 3 heteroatoms. The molecule has 3 aromatic carbocycles. The molecule has 3 rings (SSSR count). The van der Waals surface area contributed by atoms with E-state index < -0.39 is 0 Å². The van der Waals surface area contributed by atoms with Crippen molar-refractivity contribution in [3.8, 4) is 5.75 Å². The van der Waals surface area contributed by atoms with Crippen LogP contribution >= 0.6 is 0 Å². The zero-order valence-corrected chi connectivity index (χ0v) is 14.8. The summed E-state index contributed by atoms with van der Waals surface area (Å²) in [6, 6.07) is 27.6. The van der Waals surface area contributed by atoms with E-state index in [0.29, 0.717) is 11.8 Å². The van der Waals surface area contributed by atoms with E-state index in [-0.39, 0.29) is 5.75 Å². The van der Waals surface area contributed by atoms with Crippen LogP contribution in [0.3, 0.4) is 0 Å². The van der Waals surface area contributed by atoms with Gasteiger partial charge in [0.05, 0.1) is 5.56 Å². The molecule has 0 saturated carbocycles. The highest BCUT2D eigenvalue weighted by Gasteiger charge is 1.94. The first kappa shape index (κ1) is 19.4. The van der Waals surface area contributed by atoms with Gasteiger partial charge in [-0.05, 0) is 49.2 Å². The van der Waals surface area contributed by atoms with Gasteiger partial charge in [-0.3, -0.25) is 4.79 Å². The lowest BCUT2D eigenvalue weighted by Gasteiger charge is -2.05. The molecule has 0 bridgehead atoms. The molecule has 0 aliphatic heterocycles. The van der Waals surface area contributed by atoms with Gasteiger partial charge in [0.25, 0.3) is 0 Å². The average Bonchev–Trinajstić information content (AvgIpc) is 2.70. The predicted octanol–water partition coefficient (Wildman–Crippen LogP) is 4.27. The topological polar surface area (TPSA) is 49.3 Å². The van der Waals surface area contributed by atoms with Crippen molar-refractivity contribution in [1.29, 1.82) is 0 Å². The summed E-state index contributed by atoms with van der Waals surface area (Å²) in [5.74, 6) is 0.0347. The van der Waals surface area contributed by atoms with Crippen LogP contribution < -0.4 is 5.32 Å². The Balaban J connectivity index is 0.000000228. The second-order valence-electron chi connectivity index (χ2n) is 5.90. The van der Waals surface area contributed by atoms with Gasteiger partial charge in [0.1, 0.15) is 5.75 Å². The summed E-state index contributed by atoms with van der Waals surface area (Å²) in [6.45, 7) is 2.10. The molecule has 0 saturated heterocycles. The van der Waals surface area contributed by atoms with Gasteiger partial charge in [-0.2, -0.15) is 0 Å². The molecule has 3 nitrogen and oxygen atoms in total. The van der Waals surface area contributed by atoms with E-state index in [1.807, 2.05) is 0 Å². The van der Waals surface area contributed by atoms with Crippen molar-refractivity contribution in [3.05, 3.63) is 102 Å². The lowest BCUT2D eigenvalue weighted by molar-refractivity contribution is 0.112. The fourth-order valence-corrected chi connectivity index (χ4v) is 2.47. The summed E-state index contributed by atoms with van der Waals surface area (Å²) < 4.78 is 0. The highest BCUT2D eigenvalue weighted by atomic mass is 16.3. The minimum Gasteiger partial charge on any atom is -0.507 e. The highest BCUT2D eigenvalue weighted by molar-refractivity contribution is 5.78. The van der Waals surface area contributed by atoms with Gasteiger partial charge in [0, 0.05) is 0 Å². The molecule has 0 heterocycles. The van der Waals surface area contributed by atoms with Crippen molar-refractivity contribution < 1.29 is 9.90 Å². The van der Waals surface area contributed by atoms with Gasteiger partial charge < -0.3 is 10.4 Å². The van der Waals surface area contributed by atoms with E-state index in [9.17, 15) is 4.79 Å². The molecular formula is C23H25NO2. The Morgan fingerprint density at radius 2 is 1.15 bits per heavy atom. The average molecular weight is 347 g/mol. The van der Waals surface area contributed by atoms with E-state index in [1.54, 1.807) is 18.2 Å². The molecule has 0 aliphatic carbocycles. The van der Waals surface area contributed by atoms with Crippen LogP contribution in [-0.2, 0) is 12.8 Å². The van der Waals surface area contributed by atoms with Crippen LogP contribution in [-0.4, -0.2) is 24.5 Å². The molecule has 0 spiro atoms. The molecule has 0 aliphatic rings. The van der Waals surface area contributed by atoms with Crippen LogP contribution in [0.2, 0.25) is 0 Å². The zero-order chi connectivity index (χ0) is 18.5. The SMILES string of the molecule is O=Cc1ccccc1O.c1ccc(CCNCCc2ccccc2)cc1. The Bertz CT molecular complexity index is 716. The summed E-state index contributed by atoms with van der Waals surface area (Å²) in [6.07, 6.45) is 2.83. The van der Waals surface area contributed by atoms with Crippen molar-refractivity contribution in [3.63, 3.8) is 0 Å². The molecule has 0 atom stereocenters. The lowest BCUT2D eigenvalue weighted by Crippen LogP contribution is -2.20. The van der Waals surface area contributed by atoms with Crippen molar-refractivity contribution in [1.82, 2.24) is 5.32 Å². The number of carbonyl (C=O) groups is 1. The van der Waals surface area contributed by atoms with Crippen LogP contribution in [0.25, 0.3) is 0 Å². The van der Waals surface area contributed by atoms with Gasteiger partial charge in [-0.1, -0.05) is 72.8 Å². The van der Waals surface area contributed by atoms with Crippen LogP contribution in [0, 0.1) is 0 Å². The van der Waals surface area contributed by atoms with E-state index in [1.165, 1.54) is 17.2 Å². The van der Waals surface area contributed by atoms with E-state index in [0.717, 1.165) is 25.9 Å². The molecule has 0 amide bonds.